The van der Waals surface area contributed by atoms with Gasteiger partial charge in [-0.05, 0) is 32.6 Å². The number of H-pyrrole nitrogens is 1. The molecule has 1 saturated heterocycles. The molecule has 0 saturated carbocycles. The quantitative estimate of drug-likeness (QED) is 0.801. The number of carbonyl (C=O) groups excluding carboxylic acids is 1. The summed E-state index contributed by atoms with van der Waals surface area (Å²) in [5.41, 5.74) is 7.41. The zero-order chi connectivity index (χ0) is 12.4. The Morgan fingerprint density at radius 2 is 2.24 bits per heavy atom. The Kier molecular flexibility index (Phi) is 3.47. The number of hydrogen-bond donors (Lipinski definition) is 2. The number of likely N-dealkylation sites (tertiary alicyclic amines) is 1. The summed E-state index contributed by atoms with van der Waals surface area (Å²) in [5, 5.41) is 6.69. The number of rotatable bonds is 2. The summed E-state index contributed by atoms with van der Waals surface area (Å²) in [6, 6.07) is 0.225. The smallest absolute Gasteiger partial charge is 0.257 e. The minimum Gasteiger partial charge on any atom is -0.339 e. The van der Waals surface area contributed by atoms with Gasteiger partial charge in [0.1, 0.15) is 0 Å². The van der Waals surface area contributed by atoms with Crippen LogP contribution >= 0.6 is 0 Å². The van der Waals surface area contributed by atoms with Crippen molar-refractivity contribution in [3.63, 3.8) is 0 Å². The number of hydrogen-bond acceptors (Lipinski definition) is 3. The van der Waals surface area contributed by atoms with Crippen molar-refractivity contribution in [2.45, 2.75) is 32.7 Å². The summed E-state index contributed by atoms with van der Waals surface area (Å²) in [6.07, 6.45) is 3.61. The van der Waals surface area contributed by atoms with E-state index in [-0.39, 0.29) is 11.9 Å². The Morgan fingerprint density at radius 3 is 2.71 bits per heavy atom. The Bertz CT molecular complexity index is 391. The molecule has 1 aliphatic rings. The van der Waals surface area contributed by atoms with Gasteiger partial charge < -0.3 is 10.6 Å². The molecule has 5 nitrogen and oxygen atoms in total. The number of amides is 1. The van der Waals surface area contributed by atoms with E-state index >= 15 is 0 Å². The van der Waals surface area contributed by atoms with Crippen molar-refractivity contribution in [1.82, 2.24) is 15.1 Å². The largest absolute Gasteiger partial charge is 0.339 e. The predicted molar refractivity (Wildman–Crippen MR) is 65.6 cm³/mol. The maximum Gasteiger partial charge on any atom is 0.257 e. The Balaban J connectivity index is 1.98. The van der Waals surface area contributed by atoms with Gasteiger partial charge in [-0.3, -0.25) is 9.89 Å². The molecule has 1 unspecified atom stereocenters. The molecule has 1 fully saturated rings. The first-order valence-electron chi connectivity index (χ1n) is 6.14. The lowest BCUT2D eigenvalue weighted by Crippen LogP contribution is -2.42. The number of nitrogens with two attached hydrogens (primary N) is 1. The van der Waals surface area contributed by atoms with Crippen LogP contribution in [0.1, 0.15) is 35.8 Å². The summed E-state index contributed by atoms with van der Waals surface area (Å²) >= 11 is 0. The fourth-order valence-electron chi connectivity index (χ4n) is 2.36. The van der Waals surface area contributed by atoms with Gasteiger partial charge in [-0.15, -0.1) is 0 Å². The highest BCUT2D eigenvalue weighted by Crippen LogP contribution is 2.21. The van der Waals surface area contributed by atoms with Gasteiger partial charge in [-0.1, -0.05) is 0 Å². The number of nitrogens with one attached hydrogen (secondary N) is 1. The Morgan fingerprint density at radius 1 is 1.59 bits per heavy atom. The van der Waals surface area contributed by atoms with Crippen molar-refractivity contribution >= 4 is 5.91 Å². The molecule has 0 radical (unpaired) electrons. The predicted octanol–water partition coefficient (Wildman–Crippen LogP) is 0.918. The fourth-order valence-corrected chi connectivity index (χ4v) is 2.36. The highest BCUT2D eigenvalue weighted by molar-refractivity contribution is 5.95. The first kappa shape index (κ1) is 12.1. The molecule has 0 bridgehead atoms. The first-order valence-corrected chi connectivity index (χ1v) is 6.14. The van der Waals surface area contributed by atoms with E-state index in [1.165, 1.54) is 0 Å². The molecule has 0 aliphatic carbocycles. The van der Waals surface area contributed by atoms with E-state index in [1.807, 2.05) is 18.7 Å². The third-order valence-electron chi connectivity index (χ3n) is 3.63. The SMILES string of the molecule is Cc1[nH]ncc1C(=O)N1CCC(C(C)N)CC1. The van der Waals surface area contributed by atoms with Crippen molar-refractivity contribution in [3.05, 3.63) is 17.5 Å². The van der Waals surface area contributed by atoms with Crippen LogP contribution < -0.4 is 5.73 Å². The molecule has 5 heteroatoms. The summed E-state index contributed by atoms with van der Waals surface area (Å²) in [7, 11) is 0. The van der Waals surface area contributed by atoms with Gasteiger partial charge >= 0.3 is 0 Å². The van der Waals surface area contributed by atoms with E-state index in [1.54, 1.807) is 6.20 Å². The highest BCUT2D eigenvalue weighted by Gasteiger charge is 2.26. The second kappa shape index (κ2) is 4.87. The lowest BCUT2D eigenvalue weighted by Gasteiger charge is -2.33. The van der Waals surface area contributed by atoms with Crippen LogP contribution in [-0.4, -0.2) is 40.1 Å². The summed E-state index contributed by atoms with van der Waals surface area (Å²) in [5.74, 6) is 0.629. The molecule has 1 aromatic heterocycles. The van der Waals surface area contributed by atoms with Crippen molar-refractivity contribution in [3.8, 4) is 0 Å². The maximum absolute atomic E-state index is 12.2. The second-order valence-electron chi connectivity index (χ2n) is 4.90. The second-order valence-corrected chi connectivity index (χ2v) is 4.90. The van der Waals surface area contributed by atoms with Gasteiger partial charge in [0.15, 0.2) is 0 Å². The van der Waals surface area contributed by atoms with Crippen LogP contribution in [-0.2, 0) is 0 Å². The molecule has 0 spiro atoms. The van der Waals surface area contributed by atoms with Gasteiger partial charge in [0.05, 0.1) is 11.8 Å². The van der Waals surface area contributed by atoms with Gasteiger partial charge in [-0.25, -0.2) is 0 Å². The number of aromatic amines is 1. The molecule has 1 amide bonds. The van der Waals surface area contributed by atoms with Crippen LogP contribution in [0.5, 0.6) is 0 Å². The van der Waals surface area contributed by atoms with E-state index in [2.05, 4.69) is 10.2 Å². The van der Waals surface area contributed by atoms with E-state index in [9.17, 15) is 4.79 Å². The van der Waals surface area contributed by atoms with Crippen molar-refractivity contribution in [2.24, 2.45) is 11.7 Å². The van der Waals surface area contributed by atoms with Gasteiger partial charge in [-0.2, -0.15) is 5.10 Å². The van der Waals surface area contributed by atoms with Crippen LogP contribution in [0, 0.1) is 12.8 Å². The summed E-state index contributed by atoms with van der Waals surface area (Å²) < 4.78 is 0. The molecule has 1 aromatic rings. The molecular weight excluding hydrogens is 216 g/mol. The summed E-state index contributed by atoms with van der Waals surface area (Å²) in [4.78, 5) is 14.1. The van der Waals surface area contributed by atoms with E-state index in [0.29, 0.717) is 11.5 Å². The van der Waals surface area contributed by atoms with E-state index in [4.69, 9.17) is 5.73 Å². The molecule has 2 heterocycles. The standard InChI is InChI=1S/C12H20N4O/c1-8(13)10-3-5-16(6-4-10)12(17)11-7-14-15-9(11)2/h7-8,10H,3-6,13H2,1-2H3,(H,14,15). The number of nitrogens with zero attached hydrogens (tertiary/aromatic N) is 2. The monoisotopic (exact) mass is 236 g/mol. The lowest BCUT2D eigenvalue weighted by atomic mass is 9.91. The highest BCUT2D eigenvalue weighted by atomic mass is 16.2. The lowest BCUT2D eigenvalue weighted by molar-refractivity contribution is 0.0680. The van der Waals surface area contributed by atoms with Crippen molar-refractivity contribution in [1.29, 1.82) is 0 Å². The number of aromatic nitrogens is 2. The minimum absolute atomic E-state index is 0.0828. The normalized spacial score (nSPS) is 19.4. The fraction of sp³-hybridized carbons (Fsp3) is 0.667. The van der Waals surface area contributed by atoms with Crippen LogP contribution in [0.15, 0.2) is 6.20 Å². The molecule has 1 atom stereocenters. The number of piperidine rings is 1. The van der Waals surface area contributed by atoms with Crippen molar-refractivity contribution in [2.75, 3.05) is 13.1 Å². The molecule has 1 aliphatic heterocycles. The van der Waals surface area contributed by atoms with Gasteiger partial charge in [0.25, 0.3) is 5.91 Å². The zero-order valence-electron chi connectivity index (χ0n) is 10.4. The van der Waals surface area contributed by atoms with Gasteiger partial charge in [0.2, 0.25) is 0 Å². The van der Waals surface area contributed by atoms with E-state index in [0.717, 1.165) is 31.6 Å². The van der Waals surface area contributed by atoms with Crippen molar-refractivity contribution < 1.29 is 4.79 Å². The third kappa shape index (κ3) is 2.49. The Labute approximate surface area is 101 Å². The first-order chi connectivity index (χ1) is 8.09. The molecule has 3 N–H and O–H groups in total. The van der Waals surface area contributed by atoms with Gasteiger partial charge in [0, 0.05) is 24.8 Å². The van der Waals surface area contributed by atoms with E-state index < -0.39 is 0 Å². The molecular formula is C12H20N4O. The Hall–Kier alpha value is -1.36. The number of carbonyl (C=O) groups is 1. The molecule has 2 rings (SSSR count). The van der Waals surface area contributed by atoms with Crippen LogP contribution in [0.3, 0.4) is 0 Å². The average Bonchev–Trinajstić information content (AvgIpc) is 2.74. The van der Waals surface area contributed by atoms with Crippen LogP contribution in [0.4, 0.5) is 0 Å². The molecule has 17 heavy (non-hydrogen) atoms. The zero-order valence-corrected chi connectivity index (χ0v) is 10.4. The van der Waals surface area contributed by atoms with Crippen LogP contribution in [0.25, 0.3) is 0 Å². The molecule has 0 aromatic carbocycles. The maximum atomic E-state index is 12.2. The minimum atomic E-state index is 0.0828. The average molecular weight is 236 g/mol. The summed E-state index contributed by atoms with van der Waals surface area (Å²) in [6.45, 7) is 5.52. The third-order valence-corrected chi connectivity index (χ3v) is 3.63. The topological polar surface area (TPSA) is 75.0 Å². The number of aryl methyl sites for hydroxylation is 1. The molecule has 94 valence electrons. The van der Waals surface area contributed by atoms with Crippen LogP contribution in [0.2, 0.25) is 0 Å².